The lowest BCUT2D eigenvalue weighted by Crippen LogP contribution is -2.38. The number of rotatable bonds is 4. The normalized spacial score (nSPS) is 16.5. The summed E-state index contributed by atoms with van der Waals surface area (Å²) in [6.07, 6.45) is 0. The van der Waals surface area contributed by atoms with Crippen LogP contribution in [0.5, 0.6) is 0 Å². The molecule has 4 aromatic rings. The van der Waals surface area contributed by atoms with Crippen molar-refractivity contribution in [3.63, 3.8) is 0 Å². The molecule has 1 aliphatic rings. The number of ether oxygens (including phenoxy) is 2. The lowest BCUT2D eigenvalue weighted by Gasteiger charge is -2.33. The number of nitrogens with one attached hydrogen (secondary N) is 1. The van der Waals surface area contributed by atoms with Gasteiger partial charge in [-0.2, -0.15) is 0 Å². The van der Waals surface area contributed by atoms with Gasteiger partial charge in [0, 0.05) is 24.8 Å². The maximum absolute atomic E-state index is 13.2. The summed E-state index contributed by atoms with van der Waals surface area (Å²) >= 11 is 0. The van der Waals surface area contributed by atoms with Crippen LogP contribution in [-0.2, 0) is 14.3 Å². The molecule has 0 saturated carbocycles. The Hall–Kier alpha value is -3.99. The van der Waals surface area contributed by atoms with Gasteiger partial charge in [0.2, 0.25) is 0 Å². The molecule has 0 bridgehead atoms. The van der Waals surface area contributed by atoms with Crippen LogP contribution in [0, 0.1) is 0 Å². The number of hydrogen-bond acceptors (Lipinski definition) is 4. The minimum atomic E-state index is -1.24. The highest BCUT2D eigenvalue weighted by Crippen LogP contribution is 2.45. The molecule has 5 nitrogen and oxygen atoms in total. The van der Waals surface area contributed by atoms with Crippen molar-refractivity contribution in [2.24, 2.45) is 0 Å². The number of esters is 1. The van der Waals surface area contributed by atoms with Gasteiger partial charge in [-0.05, 0) is 22.8 Å². The van der Waals surface area contributed by atoms with Crippen LogP contribution in [0.15, 0.2) is 96.4 Å². The Morgan fingerprint density at radius 2 is 1.47 bits per heavy atom. The molecule has 1 aliphatic heterocycles. The van der Waals surface area contributed by atoms with Crippen molar-refractivity contribution >= 4 is 16.9 Å². The Bertz CT molecular complexity index is 1320. The Morgan fingerprint density at radius 3 is 2.16 bits per heavy atom. The summed E-state index contributed by atoms with van der Waals surface area (Å²) in [5.41, 5.74) is 4.59. The molecule has 2 N–H and O–H groups in total. The van der Waals surface area contributed by atoms with E-state index in [0.29, 0.717) is 0 Å². The highest BCUT2D eigenvalue weighted by Gasteiger charge is 2.42. The van der Waals surface area contributed by atoms with Crippen molar-refractivity contribution in [2.45, 2.75) is 25.6 Å². The number of para-hydroxylation sites is 1. The summed E-state index contributed by atoms with van der Waals surface area (Å²) in [4.78, 5) is 16.7. The Kier molecular flexibility index (Phi) is 4.74. The maximum atomic E-state index is 13.2. The second-order valence-electron chi connectivity index (χ2n) is 8.28. The first-order valence-corrected chi connectivity index (χ1v) is 10.5. The fraction of sp³-hybridized carbons (Fsp3) is 0.148. The molecule has 32 heavy (non-hydrogen) atoms. The van der Waals surface area contributed by atoms with Gasteiger partial charge in [0.25, 0.3) is 11.7 Å². The molecule has 2 heterocycles. The van der Waals surface area contributed by atoms with E-state index in [1.54, 1.807) is 13.8 Å². The highest BCUT2D eigenvalue weighted by molar-refractivity contribution is 5.98. The van der Waals surface area contributed by atoms with E-state index in [-0.39, 0.29) is 5.57 Å². The number of carbonyl (C=O) groups excluding carboxylic acids is 1. The van der Waals surface area contributed by atoms with Crippen LogP contribution < -0.4 is 0 Å². The SMILES string of the molecule is CC1(C)OC(=O)C(C(c2ccccc2)c2c(-c3ccccc3)[nH]c3ccccc23)=C(O)O1. The van der Waals surface area contributed by atoms with Crippen molar-refractivity contribution in [2.75, 3.05) is 0 Å². The number of benzene rings is 3. The van der Waals surface area contributed by atoms with Gasteiger partial charge in [-0.25, -0.2) is 4.79 Å². The fourth-order valence-corrected chi connectivity index (χ4v) is 4.33. The van der Waals surface area contributed by atoms with Crippen molar-refractivity contribution in [1.29, 1.82) is 0 Å². The number of H-pyrrole nitrogens is 1. The first kappa shape index (κ1) is 19.9. The lowest BCUT2D eigenvalue weighted by atomic mass is 9.82. The smallest absolute Gasteiger partial charge is 0.345 e. The van der Waals surface area contributed by atoms with Gasteiger partial charge in [0.1, 0.15) is 5.57 Å². The van der Waals surface area contributed by atoms with Gasteiger partial charge < -0.3 is 19.6 Å². The third kappa shape index (κ3) is 3.42. The quantitative estimate of drug-likeness (QED) is 0.391. The molecule has 0 fully saturated rings. The van der Waals surface area contributed by atoms with E-state index in [2.05, 4.69) is 4.98 Å². The number of hydrogen-bond donors (Lipinski definition) is 2. The molecular formula is C27H23NO4. The van der Waals surface area contributed by atoms with Crippen LogP contribution in [0.1, 0.15) is 30.9 Å². The summed E-state index contributed by atoms with van der Waals surface area (Å²) in [7, 11) is 0. The van der Waals surface area contributed by atoms with E-state index in [9.17, 15) is 9.90 Å². The van der Waals surface area contributed by atoms with Gasteiger partial charge in [-0.1, -0.05) is 78.9 Å². The molecule has 160 valence electrons. The minimum absolute atomic E-state index is 0.0810. The molecule has 0 radical (unpaired) electrons. The number of aliphatic hydroxyl groups excluding tert-OH is 1. The second-order valence-corrected chi connectivity index (χ2v) is 8.28. The van der Waals surface area contributed by atoms with E-state index >= 15 is 0 Å². The Morgan fingerprint density at radius 1 is 0.844 bits per heavy atom. The minimum Gasteiger partial charge on any atom is -0.480 e. The number of aromatic amines is 1. The van der Waals surface area contributed by atoms with Crippen molar-refractivity contribution < 1.29 is 19.4 Å². The zero-order chi connectivity index (χ0) is 22.3. The summed E-state index contributed by atoms with van der Waals surface area (Å²) in [6.45, 7) is 3.19. The molecule has 0 amide bonds. The van der Waals surface area contributed by atoms with Crippen LogP contribution >= 0.6 is 0 Å². The number of aliphatic hydroxyl groups is 1. The van der Waals surface area contributed by atoms with Gasteiger partial charge in [0.05, 0.1) is 11.6 Å². The van der Waals surface area contributed by atoms with E-state index in [0.717, 1.165) is 33.3 Å². The summed E-state index contributed by atoms with van der Waals surface area (Å²) in [6, 6.07) is 27.5. The van der Waals surface area contributed by atoms with Crippen LogP contribution in [0.3, 0.4) is 0 Å². The first-order valence-electron chi connectivity index (χ1n) is 10.5. The topological polar surface area (TPSA) is 71.6 Å². The summed E-state index contributed by atoms with van der Waals surface area (Å²) < 4.78 is 11.1. The van der Waals surface area contributed by atoms with Crippen LogP contribution in [-0.4, -0.2) is 21.8 Å². The standard InChI is InChI=1S/C27H23NO4/c1-27(2)31-25(29)23(26(30)32-27)21(17-11-5-3-6-12-17)22-19-15-9-10-16-20(19)28-24(22)18-13-7-4-8-14-18/h3-16,21,28-29H,1-2H3. The third-order valence-corrected chi connectivity index (χ3v) is 5.65. The van der Waals surface area contributed by atoms with Crippen LogP contribution in [0.4, 0.5) is 0 Å². The van der Waals surface area contributed by atoms with Crippen molar-refractivity contribution in [3.8, 4) is 11.3 Å². The predicted molar refractivity (Wildman–Crippen MR) is 123 cm³/mol. The molecule has 1 atom stereocenters. The van der Waals surface area contributed by atoms with Gasteiger partial charge in [-0.15, -0.1) is 0 Å². The molecule has 1 unspecified atom stereocenters. The molecule has 0 spiro atoms. The molecule has 0 saturated heterocycles. The van der Waals surface area contributed by atoms with Crippen molar-refractivity contribution in [1.82, 2.24) is 4.98 Å². The summed E-state index contributed by atoms with van der Waals surface area (Å²) in [5.74, 6) is -2.86. The predicted octanol–water partition coefficient (Wildman–Crippen LogP) is 6.05. The average molecular weight is 425 g/mol. The number of carbonyl (C=O) groups is 1. The molecule has 3 aromatic carbocycles. The molecule has 5 rings (SSSR count). The van der Waals surface area contributed by atoms with Crippen LogP contribution in [0.25, 0.3) is 22.2 Å². The Labute approximate surface area is 185 Å². The third-order valence-electron chi connectivity index (χ3n) is 5.65. The number of fused-ring (bicyclic) bond motifs is 1. The van der Waals surface area contributed by atoms with Crippen LogP contribution in [0.2, 0.25) is 0 Å². The number of aromatic nitrogens is 1. The van der Waals surface area contributed by atoms with Gasteiger partial charge in [-0.3, -0.25) is 0 Å². The molecule has 1 aromatic heterocycles. The average Bonchev–Trinajstić information content (AvgIpc) is 3.16. The molecule has 5 heteroatoms. The van der Waals surface area contributed by atoms with E-state index < -0.39 is 23.6 Å². The Balaban J connectivity index is 1.84. The lowest BCUT2D eigenvalue weighted by molar-refractivity contribution is -0.222. The monoisotopic (exact) mass is 425 g/mol. The second kappa shape index (κ2) is 7.61. The molecular weight excluding hydrogens is 402 g/mol. The van der Waals surface area contributed by atoms with Gasteiger partial charge >= 0.3 is 5.97 Å². The van der Waals surface area contributed by atoms with Crippen molar-refractivity contribution in [3.05, 3.63) is 108 Å². The first-order chi connectivity index (χ1) is 15.4. The number of cyclic esters (lactones) is 1. The van der Waals surface area contributed by atoms with E-state index in [1.165, 1.54) is 0 Å². The van der Waals surface area contributed by atoms with E-state index in [1.807, 2.05) is 84.9 Å². The van der Waals surface area contributed by atoms with E-state index in [4.69, 9.17) is 9.47 Å². The summed E-state index contributed by atoms with van der Waals surface area (Å²) in [5, 5.41) is 11.8. The molecule has 0 aliphatic carbocycles. The fourth-order valence-electron chi connectivity index (χ4n) is 4.33. The largest absolute Gasteiger partial charge is 0.480 e. The zero-order valence-electron chi connectivity index (χ0n) is 17.8. The maximum Gasteiger partial charge on any atom is 0.345 e. The highest BCUT2D eigenvalue weighted by atomic mass is 16.8. The van der Waals surface area contributed by atoms with Gasteiger partial charge in [0.15, 0.2) is 0 Å². The zero-order valence-corrected chi connectivity index (χ0v) is 17.8.